The first-order valence-corrected chi connectivity index (χ1v) is 6.94. The van der Waals surface area contributed by atoms with Crippen LogP contribution in [0.3, 0.4) is 0 Å². The maximum absolute atomic E-state index is 13.8. The fourth-order valence-electron chi connectivity index (χ4n) is 2.23. The summed E-state index contributed by atoms with van der Waals surface area (Å²) in [7, 11) is 0. The molecule has 0 radical (unpaired) electrons. The first-order valence-electron chi connectivity index (χ1n) is 6.94. The van der Waals surface area contributed by atoms with Crippen molar-refractivity contribution in [2.45, 2.75) is 12.8 Å². The minimum Gasteiger partial charge on any atom is -0.400 e. The van der Waals surface area contributed by atoms with Gasteiger partial charge in [-0.25, -0.2) is 14.8 Å². The van der Waals surface area contributed by atoms with Crippen molar-refractivity contribution in [2.75, 3.05) is 23.4 Å². The molecule has 1 aliphatic rings. The van der Waals surface area contributed by atoms with E-state index in [1.165, 1.54) is 18.3 Å². The highest BCUT2D eigenvalue weighted by molar-refractivity contribution is 5.76. The fraction of sp³-hybridized carbons (Fsp3) is 0.308. The Hall–Kier alpha value is -3.04. The van der Waals surface area contributed by atoms with Crippen molar-refractivity contribution in [3.05, 3.63) is 40.0 Å². The van der Waals surface area contributed by atoms with Gasteiger partial charge in [0.1, 0.15) is 4.92 Å². The molecule has 3 rings (SSSR count). The van der Waals surface area contributed by atoms with Crippen molar-refractivity contribution in [1.82, 2.24) is 9.97 Å². The number of nitro groups is 1. The smallest absolute Gasteiger partial charge is 0.400 e. The summed E-state index contributed by atoms with van der Waals surface area (Å²) in [6.45, 7) is 1.51. The Kier molecular flexibility index (Phi) is 4.13. The van der Waals surface area contributed by atoms with E-state index < -0.39 is 10.7 Å². The lowest BCUT2D eigenvalue weighted by atomic mass is 10.4. The van der Waals surface area contributed by atoms with Crippen LogP contribution in [-0.2, 0) is 0 Å². The minimum atomic E-state index is -0.643. The van der Waals surface area contributed by atoms with Crippen molar-refractivity contribution in [1.29, 1.82) is 0 Å². The number of halogens is 1. The predicted octanol–water partition coefficient (Wildman–Crippen LogP) is 2.16. The summed E-state index contributed by atoms with van der Waals surface area (Å²) < 4.78 is 18.7. The van der Waals surface area contributed by atoms with Gasteiger partial charge in [-0.05, 0) is 18.9 Å². The highest BCUT2D eigenvalue weighted by Gasteiger charge is 2.18. The third-order valence-electron chi connectivity index (χ3n) is 3.28. The number of nitrogens with zero attached hydrogens (tertiary/aromatic N) is 5. The van der Waals surface area contributed by atoms with Crippen LogP contribution in [0.5, 0.6) is 0 Å². The van der Waals surface area contributed by atoms with Gasteiger partial charge in [-0.15, -0.1) is 0 Å². The number of anilines is 2. The van der Waals surface area contributed by atoms with Gasteiger partial charge < -0.3 is 9.32 Å². The maximum atomic E-state index is 13.8. The molecule has 2 aromatic heterocycles. The summed E-state index contributed by atoms with van der Waals surface area (Å²) in [5.74, 6) is -0.288. The molecule has 0 atom stereocenters. The average Bonchev–Trinajstić information content (AvgIpc) is 3.20. The Morgan fingerprint density at radius 3 is 2.91 bits per heavy atom. The molecule has 23 heavy (non-hydrogen) atoms. The predicted molar refractivity (Wildman–Crippen MR) is 80.0 cm³/mol. The van der Waals surface area contributed by atoms with E-state index in [1.54, 1.807) is 0 Å². The number of furan rings is 1. The molecule has 0 aromatic carbocycles. The molecule has 9 nitrogen and oxygen atoms in total. The minimum absolute atomic E-state index is 0.130. The summed E-state index contributed by atoms with van der Waals surface area (Å²) in [6, 6.07) is 2.63. The summed E-state index contributed by atoms with van der Waals surface area (Å²) in [5.41, 5.74) is 2.55. The molecule has 1 aliphatic heterocycles. The van der Waals surface area contributed by atoms with Crippen LogP contribution in [0, 0.1) is 15.9 Å². The Bertz CT molecular complexity index is 741. The van der Waals surface area contributed by atoms with Crippen LogP contribution in [-0.4, -0.2) is 34.2 Å². The molecular weight excluding hydrogens is 307 g/mol. The van der Waals surface area contributed by atoms with Crippen LogP contribution in [0.25, 0.3) is 0 Å². The number of rotatable bonds is 5. The molecule has 1 N–H and O–H groups in total. The van der Waals surface area contributed by atoms with Crippen LogP contribution in [0.4, 0.5) is 22.0 Å². The number of hydrazone groups is 1. The normalized spacial score (nSPS) is 14.6. The molecule has 0 unspecified atom stereocenters. The standard InChI is InChI=1S/C13H13FN6O3/c14-10-8-15-13(17-12(10)19-5-1-2-6-19)18-16-7-9-3-4-11(23-9)20(21)22/h3-4,7-8H,1-2,5-6H2,(H,15,17,18)/b16-7-. The van der Waals surface area contributed by atoms with Gasteiger partial charge in [0, 0.05) is 13.1 Å². The van der Waals surface area contributed by atoms with Crippen LogP contribution in [0.2, 0.25) is 0 Å². The fourth-order valence-corrected chi connectivity index (χ4v) is 2.23. The van der Waals surface area contributed by atoms with Gasteiger partial charge in [0.2, 0.25) is 5.95 Å². The van der Waals surface area contributed by atoms with Gasteiger partial charge in [0.15, 0.2) is 17.4 Å². The first kappa shape index (κ1) is 14.9. The monoisotopic (exact) mass is 320 g/mol. The topological polar surface area (TPSA) is 110 Å². The summed E-state index contributed by atoms with van der Waals surface area (Å²) in [6.07, 6.45) is 4.33. The number of aromatic nitrogens is 2. The van der Waals surface area contributed by atoms with E-state index in [-0.39, 0.29) is 23.4 Å². The SMILES string of the molecule is O=[N+]([O-])c1ccc(/C=N\Nc2ncc(F)c(N3CCCC3)n2)o1. The van der Waals surface area contributed by atoms with Gasteiger partial charge in [0.05, 0.1) is 18.5 Å². The molecule has 2 aromatic rings. The Balaban J connectivity index is 1.68. The van der Waals surface area contributed by atoms with E-state index in [0.717, 1.165) is 32.1 Å². The maximum Gasteiger partial charge on any atom is 0.433 e. The molecule has 1 saturated heterocycles. The number of hydrogen-bond donors (Lipinski definition) is 1. The van der Waals surface area contributed by atoms with Gasteiger partial charge in [-0.3, -0.25) is 10.1 Å². The Morgan fingerprint density at radius 2 is 2.22 bits per heavy atom. The zero-order valence-electron chi connectivity index (χ0n) is 12.0. The Labute approximate surface area is 130 Å². The molecule has 1 fully saturated rings. The molecule has 0 amide bonds. The summed E-state index contributed by atoms with van der Waals surface area (Å²) >= 11 is 0. The average molecular weight is 320 g/mol. The largest absolute Gasteiger partial charge is 0.433 e. The molecule has 0 spiro atoms. The highest BCUT2D eigenvalue weighted by atomic mass is 19.1. The van der Waals surface area contributed by atoms with Crippen molar-refractivity contribution >= 4 is 23.9 Å². The molecule has 3 heterocycles. The lowest BCUT2D eigenvalue weighted by Gasteiger charge is -2.16. The van der Waals surface area contributed by atoms with E-state index >= 15 is 0 Å². The van der Waals surface area contributed by atoms with E-state index in [4.69, 9.17) is 4.42 Å². The van der Waals surface area contributed by atoms with Crippen LogP contribution in [0.1, 0.15) is 18.6 Å². The molecule has 120 valence electrons. The van der Waals surface area contributed by atoms with Crippen molar-refractivity contribution in [3.63, 3.8) is 0 Å². The van der Waals surface area contributed by atoms with Gasteiger partial charge in [0.25, 0.3) is 0 Å². The second kappa shape index (κ2) is 6.38. The summed E-state index contributed by atoms with van der Waals surface area (Å²) in [5, 5.41) is 14.3. The van der Waals surface area contributed by atoms with Crippen LogP contribution in [0.15, 0.2) is 27.8 Å². The lowest BCUT2D eigenvalue weighted by molar-refractivity contribution is -0.402. The molecule has 0 saturated carbocycles. The second-order valence-electron chi connectivity index (χ2n) is 4.86. The highest BCUT2D eigenvalue weighted by Crippen LogP contribution is 2.21. The third kappa shape index (κ3) is 3.42. The van der Waals surface area contributed by atoms with E-state index in [2.05, 4.69) is 20.5 Å². The van der Waals surface area contributed by atoms with E-state index in [0.29, 0.717) is 0 Å². The van der Waals surface area contributed by atoms with Crippen LogP contribution < -0.4 is 10.3 Å². The molecular formula is C13H13FN6O3. The van der Waals surface area contributed by atoms with Crippen molar-refractivity contribution in [3.8, 4) is 0 Å². The van der Waals surface area contributed by atoms with Gasteiger partial charge in [-0.1, -0.05) is 0 Å². The lowest BCUT2D eigenvalue weighted by Crippen LogP contribution is -2.21. The molecule has 0 bridgehead atoms. The zero-order chi connectivity index (χ0) is 16.2. The van der Waals surface area contributed by atoms with E-state index in [1.807, 2.05) is 4.90 Å². The van der Waals surface area contributed by atoms with Crippen molar-refractivity contribution in [2.24, 2.45) is 5.10 Å². The quantitative estimate of drug-likeness (QED) is 0.510. The molecule has 10 heteroatoms. The third-order valence-corrected chi connectivity index (χ3v) is 3.28. The Morgan fingerprint density at radius 1 is 1.43 bits per heavy atom. The number of hydrogen-bond acceptors (Lipinski definition) is 8. The second-order valence-corrected chi connectivity index (χ2v) is 4.86. The van der Waals surface area contributed by atoms with Gasteiger partial charge >= 0.3 is 5.88 Å². The van der Waals surface area contributed by atoms with Crippen LogP contribution >= 0.6 is 0 Å². The molecule has 0 aliphatic carbocycles. The summed E-state index contributed by atoms with van der Waals surface area (Å²) in [4.78, 5) is 19.6. The van der Waals surface area contributed by atoms with Gasteiger partial charge in [-0.2, -0.15) is 10.1 Å². The zero-order valence-corrected chi connectivity index (χ0v) is 12.0. The van der Waals surface area contributed by atoms with Crippen molar-refractivity contribution < 1.29 is 13.7 Å². The first-order chi connectivity index (χ1) is 11.1. The number of nitrogens with one attached hydrogen (secondary N) is 1. The van der Waals surface area contributed by atoms with E-state index in [9.17, 15) is 14.5 Å².